The van der Waals surface area contributed by atoms with Gasteiger partial charge >= 0.3 is 12.4 Å². The fourth-order valence-corrected chi connectivity index (χ4v) is 2.04. The van der Waals surface area contributed by atoms with Crippen LogP contribution in [0.15, 0.2) is 30.7 Å². The average Bonchev–Trinajstić information content (AvgIpc) is 2.85. The minimum atomic E-state index is -4.86. The van der Waals surface area contributed by atoms with Gasteiger partial charge in [-0.15, -0.1) is 0 Å². The van der Waals surface area contributed by atoms with Crippen molar-refractivity contribution in [3.63, 3.8) is 0 Å². The molecule has 0 saturated carbocycles. The first-order valence-corrected chi connectivity index (χ1v) is 6.32. The smallest absolute Gasteiger partial charge is 0.328 e. The molecule has 0 aliphatic rings. The monoisotopic (exact) mass is 322 g/mol. The first kappa shape index (κ1) is 16.4. The first-order chi connectivity index (χ1) is 10.00. The van der Waals surface area contributed by atoms with Crippen molar-refractivity contribution >= 4 is 0 Å². The lowest BCUT2D eigenvalue weighted by Gasteiger charge is -2.16. The molecule has 120 valence electrons. The molecular weight excluding hydrogens is 310 g/mol. The van der Waals surface area contributed by atoms with Crippen molar-refractivity contribution in [2.45, 2.75) is 32.2 Å². The van der Waals surface area contributed by atoms with Gasteiger partial charge in [-0.1, -0.05) is 0 Å². The Bertz CT molecular complexity index is 634. The first-order valence-electron chi connectivity index (χ1n) is 6.32. The molecule has 2 rings (SSSR count). The van der Waals surface area contributed by atoms with Crippen LogP contribution in [0.3, 0.4) is 0 Å². The molecule has 0 atom stereocenters. The third-order valence-electron chi connectivity index (χ3n) is 3.11. The second kappa shape index (κ2) is 5.33. The number of rotatable bonds is 2. The van der Waals surface area contributed by atoms with Gasteiger partial charge in [0.1, 0.15) is 0 Å². The number of aromatic nitrogens is 2. The molecule has 1 aromatic carbocycles. The molecule has 2 nitrogen and oxygen atoms in total. The number of hydrogen-bond donors (Lipinski definition) is 0. The predicted molar refractivity (Wildman–Crippen MR) is 68.1 cm³/mol. The van der Waals surface area contributed by atoms with Crippen LogP contribution in [-0.2, 0) is 12.4 Å². The van der Waals surface area contributed by atoms with E-state index in [-0.39, 0.29) is 23.4 Å². The molecule has 1 aromatic heterocycles. The van der Waals surface area contributed by atoms with E-state index >= 15 is 0 Å². The highest BCUT2D eigenvalue weighted by Gasteiger charge is 2.37. The van der Waals surface area contributed by atoms with Crippen LogP contribution >= 0.6 is 0 Å². The summed E-state index contributed by atoms with van der Waals surface area (Å²) >= 11 is 0. The molecule has 0 aliphatic heterocycles. The van der Waals surface area contributed by atoms with Crippen molar-refractivity contribution in [3.8, 4) is 11.3 Å². The van der Waals surface area contributed by atoms with E-state index in [0.29, 0.717) is 12.1 Å². The van der Waals surface area contributed by atoms with Crippen molar-refractivity contribution < 1.29 is 26.3 Å². The van der Waals surface area contributed by atoms with Gasteiger partial charge in [0.05, 0.1) is 29.3 Å². The molecule has 0 bridgehead atoms. The lowest BCUT2D eigenvalue weighted by atomic mass is 10.0. The molecule has 8 heteroatoms. The van der Waals surface area contributed by atoms with Crippen LogP contribution < -0.4 is 0 Å². The van der Waals surface area contributed by atoms with Gasteiger partial charge in [-0.25, -0.2) is 4.98 Å². The number of benzene rings is 1. The molecular formula is C14H12F6N2. The summed E-state index contributed by atoms with van der Waals surface area (Å²) in [5.74, 6) is 0. The van der Waals surface area contributed by atoms with Gasteiger partial charge in [0.25, 0.3) is 0 Å². The maximum Gasteiger partial charge on any atom is 0.416 e. The normalized spacial score (nSPS) is 13.0. The standard InChI is InChI=1S/C14H12F6N2/c1-8(2)22-7-21-6-12(22)9-3-10(13(15,16)17)5-11(4-9)14(18,19)20/h3-8H,1-2H3. The van der Waals surface area contributed by atoms with Gasteiger partial charge in [0.2, 0.25) is 0 Å². The van der Waals surface area contributed by atoms with E-state index in [9.17, 15) is 26.3 Å². The third kappa shape index (κ3) is 3.26. The third-order valence-corrected chi connectivity index (χ3v) is 3.11. The zero-order valence-electron chi connectivity index (χ0n) is 11.6. The van der Waals surface area contributed by atoms with Crippen LogP contribution in [0.2, 0.25) is 0 Å². The molecule has 0 saturated heterocycles. The summed E-state index contributed by atoms with van der Waals surface area (Å²) in [5, 5.41) is 0. The van der Waals surface area contributed by atoms with Crippen molar-refractivity contribution in [2.24, 2.45) is 0 Å². The van der Waals surface area contributed by atoms with Gasteiger partial charge in [0.15, 0.2) is 0 Å². The highest BCUT2D eigenvalue weighted by molar-refractivity contribution is 5.62. The second-order valence-corrected chi connectivity index (χ2v) is 5.07. The van der Waals surface area contributed by atoms with Crippen molar-refractivity contribution in [1.29, 1.82) is 0 Å². The Kier molecular flexibility index (Phi) is 3.97. The van der Waals surface area contributed by atoms with E-state index in [0.717, 1.165) is 0 Å². The Morgan fingerprint density at radius 1 is 0.909 bits per heavy atom. The molecule has 0 radical (unpaired) electrons. The number of hydrogen-bond acceptors (Lipinski definition) is 1. The average molecular weight is 322 g/mol. The highest BCUT2D eigenvalue weighted by Crippen LogP contribution is 2.38. The van der Waals surface area contributed by atoms with E-state index in [2.05, 4.69) is 4.98 Å². The Morgan fingerprint density at radius 3 is 1.82 bits per heavy atom. The summed E-state index contributed by atoms with van der Waals surface area (Å²) in [6, 6.07) is 1.36. The Balaban J connectivity index is 2.68. The van der Waals surface area contributed by atoms with Gasteiger partial charge in [0, 0.05) is 11.6 Å². The molecule has 0 aliphatic carbocycles. The molecule has 0 spiro atoms. The molecule has 1 heterocycles. The number of halogens is 6. The summed E-state index contributed by atoms with van der Waals surface area (Å²) in [4.78, 5) is 3.80. The Labute approximate surface area is 122 Å². The van der Waals surface area contributed by atoms with Crippen LogP contribution in [-0.4, -0.2) is 9.55 Å². The molecule has 0 fully saturated rings. The molecule has 0 N–H and O–H groups in total. The lowest BCUT2D eigenvalue weighted by Crippen LogP contribution is -2.11. The van der Waals surface area contributed by atoms with Crippen molar-refractivity contribution in [1.82, 2.24) is 9.55 Å². The predicted octanol–water partition coefficient (Wildman–Crippen LogP) is 5.17. The van der Waals surface area contributed by atoms with Crippen LogP contribution in [0.1, 0.15) is 31.0 Å². The van der Waals surface area contributed by atoms with Gasteiger partial charge < -0.3 is 4.57 Å². The maximum atomic E-state index is 12.8. The van der Waals surface area contributed by atoms with E-state index in [4.69, 9.17) is 0 Å². The summed E-state index contributed by atoms with van der Waals surface area (Å²) < 4.78 is 78.6. The Hall–Kier alpha value is -1.99. The zero-order chi connectivity index (χ0) is 16.7. The number of nitrogens with zero attached hydrogens (tertiary/aromatic N) is 2. The SMILES string of the molecule is CC(C)n1cncc1-c1cc(C(F)(F)F)cc(C(F)(F)F)c1. The summed E-state index contributed by atoms with van der Waals surface area (Å²) in [5.41, 5.74) is -2.65. The molecule has 2 aromatic rings. The van der Waals surface area contributed by atoms with E-state index in [1.54, 1.807) is 13.8 Å². The fourth-order valence-electron chi connectivity index (χ4n) is 2.04. The van der Waals surface area contributed by atoms with Crippen LogP contribution in [0.5, 0.6) is 0 Å². The molecule has 22 heavy (non-hydrogen) atoms. The van der Waals surface area contributed by atoms with Crippen LogP contribution in [0.4, 0.5) is 26.3 Å². The van der Waals surface area contributed by atoms with Crippen LogP contribution in [0.25, 0.3) is 11.3 Å². The topological polar surface area (TPSA) is 17.8 Å². The largest absolute Gasteiger partial charge is 0.416 e. The molecule has 0 unspecified atom stereocenters. The van der Waals surface area contributed by atoms with E-state index in [1.807, 2.05) is 0 Å². The van der Waals surface area contributed by atoms with E-state index in [1.165, 1.54) is 17.1 Å². The summed E-state index contributed by atoms with van der Waals surface area (Å²) in [6.07, 6.45) is -7.11. The number of imidazole rings is 1. The van der Waals surface area contributed by atoms with Crippen molar-refractivity contribution in [2.75, 3.05) is 0 Å². The fraction of sp³-hybridized carbons (Fsp3) is 0.357. The summed E-state index contributed by atoms with van der Waals surface area (Å²) in [6.45, 7) is 3.51. The highest BCUT2D eigenvalue weighted by atomic mass is 19.4. The zero-order valence-corrected chi connectivity index (χ0v) is 11.6. The minimum Gasteiger partial charge on any atom is -0.328 e. The van der Waals surface area contributed by atoms with Gasteiger partial charge in [-0.3, -0.25) is 0 Å². The lowest BCUT2D eigenvalue weighted by molar-refractivity contribution is -0.143. The number of alkyl halides is 6. The van der Waals surface area contributed by atoms with Crippen LogP contribution in [0, 0.1) is 0 Å². The maximum absolute atomic E-state index is 12.8. The summed E-state index contributed by atoms with van der Waals surface area (Å²) in [7, 11) is 0. The van der Waals surface area contributed by atoms with E-state index < -0.39 is 23.5 Å². The minimum absolute atomic E-state index is 0.111. The second-order valence-electron chi connectivity index (χ2n) is 5.07. The molecule has 0 amide bonds. The Morgan fingerprint density at radius 2 is 1.41 bits per heavy atom. The quantitative estimate of drug-likeness (QED) is 0.698. The van der Waals surface area contributed by atoms with Gasteiger partial charge in [-0.05, 0) is 32.0 Å². The van der Waals surface area contributed by atoms with Gasteiger partial charge in [-0.2, -0.15) is 26.3 Å². The van der Waals surface area contributed by atoms with Crippen molar-refractivity contribution in [3.05, 3.63) is 41.9 Å².